The Labute approximate surface area is 198 Å². The summed E-state index contributed by atoms with van der Waals surface area (Å²) in [6, 6.07) is 12.1. The van der Waals surface area contributed by atoms with E-state index < -0.39 is 22.8 Å². The molecule has 9 nitrogen and oxygen atoms in total. The van der Waals surface area contributed by atoms with Crippen molar-refractivity contribution in [1.29, 1.82) is 0 Å². The van der Waals surface area contributed by atoms with Gasteiger partial charge in [0.2, 0.25) is 0 Å². The number of non-ortho nitro benzene ring substituents is 1. The third-order valence-electron chi connectivity index (χ3n) is 4.55. The van der Waals surface area contributed by atoms with Gasteiger partial charge in [-0.05, 0) is 24.1 Å². The second-order valence-corrected chi connectivity index (χ2v) is 8.62. The van der Waals surface area contributed by atoms with E-state index in [-0.39, 0.29) is 28.8 Å². The molecule has 1 aromatic heterocycles. The van der Waals surface area contributed by atoms with Gasteiger partial charge in [0, 0.05) is 23.2 Å². The molecule has 2 N–H and O–H groups in total. The summed E-state index contributed by atoms with van der Waals surface area (Å²) in [5.41, 5.74) is 1.25. The first-order valence-corrected chi connectivity index (χ1v) is 11.2. The quantitative estimate of drug-likeness (QED) is 0.248. The lowest BCUT2D eigenvalue weighted by Crippen LogP contribution is -2.45. The minimum atomic E-state index is -0.940. The first kappa shape index (κ1) is 24.1. The molecule has 0 saturated carbocycles. The Morgan fingerprint density at radius 3 is 2.58 bits per heavy atom. The summed E-state index contributed by atoms with van der Waals surface area (Å²) in [4.78, 5) is 39.9. The number of nitrogens with zero attached hydrogens (tertiary/aromatic N) is 2. The van der Waals surface area contributed by atoms with Gasteiger partial charge in [-0.25, -0.2) is 9.78 Å². The zero-order valence-electron chi connectivity index (χ0n) is 17.8. The Kier molecular flexibility index (Phi) is 7.96. The Bertz CT molecular complexity index is 1150. The van der Waals surface area contributed by atoms with Gasteiger partial charge in [0.15, 0.2) is 5.13 Å². The van der Waals surface area contributed by atoms with Crippen LogP contribution in [0.5, 0.6) is 0 Å². The Hall–Kier alpha value is -3.50. The van der Waals surface area contributed by atoms with Gasteiger partial charge in [-0.1, -0.05) is 43.6 Å². The van der Waals surface area contributed by atoms with E-state index in [4.69, 9.17) is 16.3 Å². The van der Waals surface area contributed by atoms with Crippen LogP contribution in [0, 0.1) is 16.0 Å². The first-order valence-electron chi connectivity index (χ1n) is 9.92. The van der Waals surface area contributed by atoms with Crippen LogP contribution in [0.2, 0.25) is 5.02 Å². The van der Waals surface area contributed by atoms with Crippen LogP contribution >= 0.6 is 22.9 Å². The van der Waals surface area contributed by atoms with Crippen LogP contribution in [0.15, 0.2) is 53.9 Å². The number of aromatic nitrogens is 1. The normalized spacial score (nSPS) is 11.6. The monoisotopic (exact) mass is 488 g/mol. The largest absolute Gasteiger partial charge is 0.458 e. The number of para-hydroxylation sites is 1. The fourth-order valence-electron chi connectivity index (χ4n) is 2.83. The van der Waals surface area contributed by atoms with Crippen LogP contribution in [-0.2, 0) is 16.1 Å². The summed E-state index contributed by atoms with van der Waals surface area (Å²) in [5, 5.41) is 19.0. The van der Waals surface area contributed by atoms with Crippen molar-refractivity contribution in [2.24, 2.45) is 5.92 Å². The number of carbonyl (C=O) groups is 2. The van der Waals surface area contributed by atoms with Crippen molar-refractivity contribution in [2.45, 2.75) is 26.5 Å². The number of rotatable bonds is 9. The average Bonchev–Trinajstić information content (AvgIpc) is 3.23. The van der Waals surface area contributed by atoms with Crippen LogP contribution in [0.1, 0.15) is 29.9 Å². The van der Waals surface area contributed by atoms with E-state index in [1.54, 1.807) is 19.2 Å². The van der Waals surface area contributed by atoms with Gasteiger partial charge in [-0.3, -0.25) is 14.9 Å². The molecular weight excluding hydrogens is 468 g/mol. The molecule has 0 fully saturated rings. The third-order valence-corrected chi connectivity index (χ3v) is 5.67. The van der Waals surface area contributed by atoms with Crippen molar-refractivity contribution in [3.8, 4) is 0 Å². The molecule has 33 heavy (non-hydrogen) atoms. The molecule has 1 atom stereocenters. The van der Waals surface area contributed by atoms with E-state index in [0.29, 0.717) is 10.8 Å². The van der Waals surface area contributed by atoms with E-state index in [1.165, 1.54) is 23.5 Å². The number of amides is 1. The summed E-state index contributed by atoms with van der Waals surface area (Å²) >= 11 is 7.40. The maximum absolute atomic E-state index is 12.7. The number of nitro groups is 1. The number of thiazole rings is 1. The highest BCUT2D eigenvalue weighted by atomic mass is 35.5. The molecule has 0 aliphatic rings. The van der Waals surface area contributed by atoms with Gasteiger partial charge in [0.1, 0.15) is 12.6 Å². The number of halogens is 1. The van der Waals surface area contributed by atoms with Crippen molar-refractivity contribution in [3.05, 3.63) is 80.3 Å². The second-order valence-electron chi connectivity index (χ2n) is 7.36. The average molecular weight is 489 g/mol. The van der Waals surface area contributed by atoms with Crippen molar-refractivity contribution in [2.75, 3.05) is 5.32 Å². The maximum atomic E-state index is 12.7. The zero-order valence-corrected chi connectivity index (χ0v) is 19.4. The summed E-state index contributed by atoms with van der Waals surface area (Å²) in [6.45, 7) is 3.46. The number of carbonyl (C=O) groups excluding carboxylic acids is 2. The minimum absolute atomic E-state index is 0.0249. The molecule has 0 saturated heterocycles. The predicted octanol–water partition coefficient (Wildman–Crippen LogP) is 4.95. The molecular formula is C22H21ClN4O5S. The maximum Gasteiger partial charge on any atom is 0.329 e. The second kappa shape index (κ2) is 10.9. The summed E-state index contributed by atoms with van der Waals surface area (Å²) in [5.74, 6) is -1.53. The smallest absolute Gasteiger partial charge is 0.329 e. The van der Waals surface area contributed by atoms with E-state index >= 15 is 0 Å². The van der Waals surface area contributed by atoms with Crippen molar-refractivity contribution >= 4 is 51.3 Å². The van der Waals surface area contributed by atoms with Crippen LogP contribution < -0.4 is 10.6 Å². The van der Waals surface area contributed by atoms with Gasteiger partial charge < -0.3 is 15.4 Å². The van der Waals surface area contributed by atoms with Gasteiger partial charge in [0.25, 0.3) is 11.6 Å². The number of anilines is 2. The molecule has 0 aliphatic heterocycles. The van der Waals surface area contributed by atoms with Crippen molar-refractivity contribution < 1.29 is 19.2 Å². The molecule has 0 aliphatic carbocycles. The van der Waals surface area contributed by atoms with E-state index in [0.717, 1.165) is 11.8 Å². The lowest BCUT2D eigenvalue weighted by Gasteiger charge is -2.21. The highest BCUT2D eigenvalue weighted by Crippen LogP contribution is 2.23. The fourth-order valence-corrected chi connectivity index (χ4v) is 3.80. The summed E-state index contributed by atoms with van der Waals surface area (Å²) in [7, 11) is 0. The standard InChI is InChI=1S/C22H21ClN4O5S/c1-13(2)19(26-20(28)17-9-8-16(27(30)31)10-18(17)23)21(29)32-11-15-12-33-22(25-15)24-14-6-4-3-5-7-14/h3-10,12-13,19H,11H2,1-2H3,(H,24,25)(H,26,28)/t19-/m0/s1. The summed E-state index contributed by atoms with van der Waals surface area (Å²) in [6.07, 6.45) is 0. The van der Waals surface area contributed by atoms with E-state index in [2.05, 4.69) is 15.6 Å². The van der Waals surface area contributed by atoms with E-state index in [1.807, 2.05) is 30.3 Å². The molecule has 172 valence electrons. The van der Waals surface area contributed by atoms with E-state index in [9.17, 15) is 19.7 Å². The molecule has 3 rings (SSSR count). The number of nitro benzene ring substituents is 1. The Balaban J connectivity index is 1.60. The number of esters is 1. The number of benzene rings is 2. The van der Waals surface area contributed by atoms with Crippen LogP contribution in [0.25, 0.3) is 0 Å². The van der Waals surface area contributed by atoms with Crippen LogP contribution in [0.3, 0.4) is 0 Å². The van der Waals surface area contributed by atoms with Gasteiger partial charge in [-0.15, -0.1) is 11.3 Å². The predicted molar refractivity (Wildman–Crippen MR) is 126 cm³/mol. The molecule has 2 aromatic carbocycles. The Morgan fingerprint density at radius 2 is 1.94 bits per heavy atom. The van der Waals surface area contributed by atoms with Gasteiger partial charge in [0.05, 0.1) is 21.2 Å². The molecule has 0 spiro atoms. The molecule has 0 radical (unpaired) electrons. The Morgan fingerprint density at radius 1 is 1.21 bits per heavy atom. The molecule has 0 unspecified atom stereocenters. The van der Waals surface area contributed by atoms with Crippen molar-refractivity contribution in [3.63, 3.8) is 0 Å². The SMILES string of the molecule is CC(C)[C@H](NC(=O)c1ccc([N+](=O)[O-])cc1Cl)C(=O)OCc1csc(Nc2ccccc2)n1. The van der Waals surface area contributed by atoms with Crippen molar-refractivity contribution in [1.82, 2.24) is 10.3 Å². The zero-order chi connectivity index (χ0) is 24.0. The van der Waals surface area contributed by atoms with Gasteiger partial charge >= 0.3 is 5.97 Å². The van der Waals surface area contributed by atoms with Gasteiger partial charge in [-0.2, -0.15) is 0 Å². The topological polar surface area (TPSA) is 123 Å². The number of nitrogens with one attached hydrogen (secondary N) is 2. The number of hydrogen-bond acceptors (Lipinski definition) is 8. The van der Waals surface area contributed by atoms with Crippen LogP contribution in [0.4, 0.5) is 16.5 Å². The molecule has 1 heterocycles. The molecule has 3 aromatic rings. The lowest BCUT2D eigenvalue weighted by molar-refractivity contribution is -0.384. The first-order chi connectivity index (χ1) is 15.7. The summed E-state index contributed by atoms with van der Waals surface area (Å²) < 4.78 is 5.37. The number of hydrogen-bond donors (Lipinski definition) is 2. The molecule has 11 heteroatoms. The molecule has 1 amide bonds. The third kappa shape index (κ3) is 6.50. The number of ether oxygens (including phenoxy) is 1. The lowest BCUT2D eigenvalue weighted by atomic mass is 10.0. The fraction of sp³-hybridized carbons (Fsp3) is 0.227. The minimum Gasteiger partial charge on any atom is -0.458 e. The molecule has 0 bridgehead atoms. The highest BCUT2D eigenvalue weighted by molar-refractivity contribution is 7.13. The van der Waals surface area contributed by atoms with Crippen LogP contribution in [-0.4, -0.2) is 27.8 Å². The highest BCUT2D eigenvalue weighted by Gasteiger charge is 2.27.